The van der Waals surface area contributed by atoms with E-state index in [0.717, 1.165) is 12.8 Å². The molecule has 0 saturated heterocycles. The summed E-state index contributed by atoms with van der Waals surface area (Å²) >= 11 is 1.94. The summed E-state index contributed by atoms with van der Waals surface area (Å²) in [7, 11) is 0. The molecule has 0 atom stereocenters. The quantitative estimate of drug-likeness (QED) is 0.252. The molecule has 0 bridgehead atoms. The van der Waals surface area contributed by atoms with E-state index in [0.29, 0.717) is 6.42 Å². The lowest BCUT2D eigenvalue weighted by Crippen LogP contribution is -2.04. The second-order valence-electron chi connectivity index (χ2n) is 4.16. The van der Waals surface area contributed by atoms with Gasteiger partial charge in [-0.05, 0) is 10.3 Å². The third kappa shape index (κ3) is 13.7. The zero-order valence-corrected chi connectivity index (χ0v) is 12.9. The molecule has 17 heavy (non-hydrogen) atoms. The highest BCUT2D eigenvalue weighted by molar-refractivity contribution is 14.1. The highest BCUT2D eigenvalue weighted by atomic mass is 127. The van der Waals surface area contributed by atoms with Crippen LogP contribution in [0.15, 0.2) is 0 Å². The molecule has 2 nitrogen and oxygen atoms in total. The van der Waals surface area contributed by atoms with E-state index in [9.17, 15) is 4.79 Å². The SMILES string of the molecule is CCCCCCCCCCC(=O)OCC#CI. The van der Waals surface area contributed by atoms with Crippen LogP contribution < -0.4 is 0 Å². The summed E-state index contributed by atoms with van der Waals surface area (Å²) in [6.45, 7) is 2.47. The number of ether oxygens (including phenoxy) is 1. The second kappa shape index (κ2) is 13.8. The Hall–Kier alpha value is -0.240. The molecule has 0 aromatic carbocycles. The van der Waals surface area contributed by atoms with Crippen molar-refractivity contribution in [3.05, 3.63) is 0 Å². The minimum absolute atomic E-state index is 0.116. The molecule has 0 aliphatic heterocycles. The summed E-state index contributed by atoms with van der Waals surface area (Å²) < 4.78 is 7.59. The fourth-order valence-electron chi connectivity index (χ4n) is 1.62. The lowest BCUT2D eigenvalue weighted by atomic mass is 10.1. The number of unbranched alkanes of at least 4 members (excludes halogenated alkanes) is 7. The lowest BCUT2D eigenvalue weighted by Gasteiger charge is -2.02. The molecular weight excluding hydrogens is 327 g/mol. The minimum Gasteiger partial charge on any atom is -0.452 e. The Morgan fingerprint density at radius 2 is 1.65 bits per heavy atom. The maximum Gasteiger partial charge on any atom is 0.306 e. The van der Waals surface area contributed by atoms with Gasteiger partial charge in [-0.2, -0.15) is 0 Å². The number of carbonyl (C=O) groups is 1. The van der Waals surface area contributed by atoms with E-state index in [1.54, 1.807) is 0 Å². The Labute approximate surface area is 119 Å². The van der Waals surface area contributed by atoms with E-state index < -0.39 is 0 Å². The normalized spacial score (nSPS) is 9.53. The molecular formula is C14H23IO2. The molecule has 0 aliphatic carbocycles. The van der Waals surface area contributed by atoms with E-state index in [2.05, 4.69) is 16.8 Å². The molecule has 0 aliphatic rings. The van der Waals surface area contributed by atoms with Crippen molar-refractivity contribution >= 4 is 28.6 Å². The van der Waals surface area contributed by atoms with Crippen molar-refractivity contribution < 1.29 is 9.53 Å². The van der Waals surface area contributed by atoms with Gasteiger partial charge in [-0.1, -0.05) is 57.8 Å². The molecule has 0 N–H and O–H groups in total. The number of hydrogen-bond acceptors (Lipinski definition) is 2. The summed E-state index contributed by atoms with van der Waals surface area (Å²) in [5.41, 5.74) is 0. The van der Waals surface area contributed by atoms with Gasteiger partial charge in [0.1, 0.15) is 0 Å². The molecule has 0 fully saturated rings. The zero-order valence-electron chi connectivity index (χ0n) is 10.8. The van der Waals surface area contributed by atoms with Crippen molar-refractivity contribution in [2.45, 2.75) is 64.7 Å². The van der Waals surface area contributed by atoms with E-state index in [1.807, 2.05) is 22.6 Å². The third-order valence-corrected chi connectivity index (χ3v) is 2.99. The monoisotopic (exact) mass is 350 g/mol. The molecule has 0 spiro atoms. The van der Waals surface area contributed by atoms with Crippen molar-refractivity contribution in [2.24, 2.45) is 0 Å². The first kappa shape index (κ1) is 16.8. The largest absolute Gasteiger partial charge is 0.452 e. The Kier molecular flexibility index (Phi) is 13.6. The van der Waals surface area contributed by atoms with Crippen LogP contribution in [0.25, 0.3) is 0 Å². The van der Waals surface area contributed by atoms with Crippen LogP contribution in [0.2, 0.25) is 0 Å². The molecule has 0 amide bonds. The molecule has 0 unspecified atom stereocenters. The van der Waals surface area contributed by atoms with Crippen LogP contribution in [0.4, 0.5) is 0 Å². The molecule has 0 saturated carbocycles. The molecule has 0 rings (SSSR count). The van der Waals surface area contributed by atoms with Crippen LogP contribution in [0.5, 0.6) is 0 Å². The highest BCUT2D eigenvalue weighted by Crippen LogP contribution is 2.09. The lowest BCUT2D eigenvalue weighted by molar-refractivity contribution is -0.142. The van der Waals surface area contributed by atoms with Crippen LogP contribution in [0.3, 0.4) is 0 Å². The molecule has 98 valence electrons. The molecule has 0 heterocycles. The number of halogens is 1. The van der Waals surface area contributed by atoms with Gasteiger partial charge in [0.15, 0.2) is 6.61 Å². The first-order chi connectivity index (χ1) is 8.31. The topological polar surface area (TPSA) is 26.3 Å². The Balaban J connectivity index is 3.15. The number of rotatable bonds is 10. The van der Waals surface area contributed by atoms with Gasteiger partial charge in [-0.3, -0.25) is 4.79 Å². The van der Waals surface area contributed by atoms with E-state index in [-0.39, 0.29) is 12.6 Å². The van der Waals surface area contributed by atoms with Crippen LogP contribution in [0, 0.1) is 9.85 Å². The van der Waals surface area contributed by atoms with Gasteiger partial charge in [0.25, 0.3) is 0 Å². The average molecular weight is 350 g/mol. The van der Waals surface area contributed by atoms with Gasteiger partial charge < -0.3 is 4.74 Å². The Morgan fingerprint density at radius 3 is 2.24 bits per heavy atom. The number of carbonyl (C=O) groups excluding carboxylic acids is 1. The van der Waals surface area contributed by atoms with E-state index in [4.69, 9.17) is 4.74 Å². The first-order valence-electron chi connectivity index (χ1n) is 6.55. The minimum atomic E-state index is -0.116. The van der Waals surface area contributed by atoms with Crippen LogP contribution in [-0.4, -0.2) is 12.6 Å². The Morgan fingerprint density at radius 1 is 1.06 bits per heavy atom. The predicted molar refractivity (Wildman–Crippen MR) is 80.0 cm³/mol. The van der Waals surface area contributed by atoms with Crippen molar-refractivity contribution in [3.63, 3.8) is 0 Å². The molecule has 0 aromatic rings. The average Bonchev–Trinajstić information content (AvgIpc) is 2.33. The van der Waals surface area contributed by atoms with Gasteiger partial charge in [0.05, 0.1) is 0 Å². The molecule has 0 aromatic heterocycles. The Bertz CT molecular complexity index is 240. The van der Waals surface area contributed by atoms with Gasteiger partial charge in [-0.15, -0.1) is 0 Å². The van der Waals surface area contributed by atoms with Gasteiger partial charge in [-0.25, -0.2) is 0 Å². The smallest absolute Gasteiger partial charge is 0.306 e. The van der Waals surface area contributed by atoms with E-state index >= 15 is 0 Å². The second-order valence-corrected chi connectivity index (χ2v) is 4.70. The number of hydrogen-bond donors (Lipinski definition) is 0. The summed E-state index contributed by atoms with van der Waals surface area (Å²) in [5.74, 6) is 2.59. The van der Waals surface area contributed by atoms with Crippen LogP contribution >= 0.6 is 22.6 Å². The maximum atomic E-state index is 11.2. The zero-order chi connectivity index (χ0) is 12.8. The fraction of sp³-hybridized carbons (Fsp3) is 0.786. The van der Waals surface area contributed by atoms with Crippen molar-refractivity contribution in [2.75, 3.05) is 6.61 Å². The highest BCUT2D eigenvalue weighted by Gasteiger charge is 2.00. The van der Waals surface area contributed by atoms with Gasteiger partial charge >= 0.3 is 5.97 Å². The van der Waals surface area contributed by atoms with Crippen molar-refractivity contribution in [1.29, 1.82) is 0 Å². The summed E-state index contributed by atoms with van der Waals surface area (Å²) in [6, 6.07) is 0. The van der Waals surface area contributed by atoms with E-state index in [1.165, 1.54) is 38.5 Å². The fourth-order valence-corrected chi connectivity index (χ4v) is 1.77. The van der Waals surface area contributed by atoms with Crippen molar-refractivity contribution in [3.8, 4) is 9.85 Å². The third-order valence-electron chi connectivity index (χ3n) is 2.61. The van der Waals surface area contributed by atoms with Crippen LogP contribution in [-0.2, 0) is 9.53 Å². The summed E-state index contributed by atoms with van der Waals surface area (Å²) in [6.07, 6.45) is 10.5. The first-order valence-corrected chi connectivity index (χ1v) is 7.63. The maximum absolute atomic E-state index is 11.2. The molecule has 0 radical (unpaired) electrons. The standard InChI is InChI=1S/C14H23IO2/c1-2-3-4-5-6-7-8-9-11-14(16)17-13-10-12-15/h2-9,11,13H2,1H3. The van der Waals surface area contributed by atoms with Gasteiger partial charge in [0, 0.05) is 29.0 Å². The van der Waals surface area contributed by atoms with Crippen LogP contribution in [0.1, 0.15) is 64.7 Å². The van der Waals surface area contributed by atoms with Gasteiger partial charge in [0.2, 0.25) is 0 Å². The summed E-state index contributed by atoms with van der Waals surface area (Å²) in [5, 5.41) is 0. The number of esters is 1. The predicted octanol–water partition coefficient (Wildman–Crippen LogP) is 4.46. The van der Waals surface area contributed by atoms with Crippen molar-refractivity contribution in [1.82, 2.24) is 0 Å². The summed E-state index contributed by atoms with van der Waals surface area (Å²) in [4.78, 5) is 11.2. The molecule has 3 heteroatoms.